The molecule has 5 nitrogen and oxygen atoms in total. The Morgan fingerprint density at radius 1 is 1.39 bits per heavy atom. The number of nitrogens with one attached hydrogen (secondary N) is 2. The number of aromatic nitrogens is 2. The summed E-state index contributed by atoms with van der Waals surface area (Å²) in [5, 5.41) is 11.3. The molecule has 0 radical (unpaired) electrons. The summed E-state index contributed by atoms with van der Waals surface area (Å²) in [5.41, 5.74) is 0.587. The number of halogens is 1. The van der Waals surface area contributed by atoms with Crippen molar-refractivity contribution in [2.45, 2.75) is 19.4 Å². The van der Waals surface area contributed by atoms with E-state index < -0.39 is 5.54 Å². The Kier molecular flexibility index (Phi) is 3.04. The largest absolute Gasteiger partial charge is 0.345 e. The van der Waals surface area contributed by atoms with Crippen LogP contribution in [0.1, 0.15) is 19.5 Å². The molecule has 2 heterocycles. The van der Waals surface area contributed by atoms with E-state index in [4.69, 9.17) is 0 Å². The maximum atomic E-state index is 14.3. The summed E-state index contributed by atoms with van der Waals surface area (Å²) in [6.07, 6.45) is 0. The Balaban J connectivity index is 1.65. The number of benzene rings is 1. The summed E-state index contributed by atoms with van der Waals surface area (Å²) in [6, 6.07) is 4.94. The summed E-state index contributed by atoms with van der Waals surface area (Å²) in [6.45, 7) is 5.61. The van der Waals surface area contributed by atoms with E-state index in [1.807, 2.05) is 19.9 Å². The lowest BCUT2D eigenvalue weighted by Crippen LogP contribution is -2.43. The van der Waals surface area contributed by atoms with Crippen molar-refractivity contribution in [1.29, 1.82) is 0 Å². The van der Waals surface area contributed by atoms with Crippen LogP contribution in [0.2, 0.25) is 0 Å². The second kappa shape index (κ2) is 4.77. The molecule has 122 valence electrons. The number of rotatable bonds is 3. The van der Waals surface area contributed by atoms with E-state index in [9.17, 15) is 9.18 Å². The normalized spacial score (nSPS) is 26.3. The minimum absolute atomic E-state index is 0.0571. The number of carbonyl (C=O) groups is 1. The minimum atomic E-state index is -0.719. The highest BCUT2D eigenvalue weighted by atomic mass is 19.1. The molecule has 3 atom stereocenters. The van der Waals surface area contributed by atoms with Crippen LogP contribution in [0.5, 0.6) is 0 Å². The van der Waals surface area contributed by atoms with Crippen molar-refractivity contribution in [2.24, 2.45) is 24.8 Å². The van der Waals surface area contributed by atoms with E-state index in [2.05, 4.69) is 15.7 Å². The van der Waals surface area contributed by atoms with Crippen LogP contribution in [0.4, 0.5) is 4.39 Å². The van der Waals surface area contributed by atoms with Crippen molar-refractivity contribution in [3.05, 3.63) is 29.7 Å². The third kappa shape index (κ3) is 2.16. The van der Waals surface area contributed by atoms with Crippen molar-refractivity contribution in [3.8, 4) is 0 Å². The van der Waals surface area contributed by atoms with Gasteiger partial charge < -0.3 is 10.6 Å². The van der Waals surface area contributed by atoms with E-state index in [-0.39, 0.29) is 17.6 Å². The maximum Gasteiger partial charge on any atom is 0.224 e. The third-order valence-corrected chi connectivity index (χ3v) is 5.25. The van der Waals surface area contributed by atoms with Crippen LogP contribution in [0, 0.1) is 23.6 Å². The van der Waals surface area contributed by atoms with E-state index in [0.717, 1.165) is 18.6 Å². The molecular formula is C17H21FN4O. The van der Waals surface area contributed by atoms with Gasteiger partial charge in [-0.15, -0.1) is 0 Å². The molecular weight excluding hydrogens is 295 g/mol. The first-order valence-electron chi connectivity index (χ1n) is 8.04. The second-order valence-corrected chi connectivity index (χ2v) is 7.23. The van der Waals surface area contributed by atoms with Crippen molar-refractivity contribution >= 4 is 16.8 Å². The van der Waals surface area contributed by atoms with Gasteiger partial charge in [0, 0.05) is 13.0 Å². The van der Waals surface area contributed by atoms with Crippen LogP contribution in [-0.4, -0.2) is 28.8 Å². The van der Waals surface area contributed by atoms with Gasteiger partial charge >= 0.3 is 0 Å². The zero-order valence-corrected chi connectivity index (χ0v) is 13.6. The number of fused-ring (bicyclic) bond motifs is 2. The van der Waals surface area contributed by atoms with Gasteiger partial charge in [-0.25, -0.2) is 4.39 Å². The quantitative estimate of drug-likeness (QED) is 0.903. The van der Waals surface area contributed by atoms with Crippen molar-refractivity contribution < 1.29 is 9.18 Å². The molecule has 2 aliphatic rings. The fourth-order valence-electron chi connectivity index (χ4n) is 3.97. The number of hydrogen-bond acceptors (Lipinski definition) is 3. The van der Waals surface area contributed by atoms with Crippen LogP contribution in [-0.2, 0) is 17.4 Å². The predicted octanol–water partition coefficient (Wildman–Crippen LogP) is 1.53. The van der Waals surface area contributed by atoms with Gasteiger partial charge in [-0.1, -0.05) is 6.07 Å². The van der Waals surface area contributed by atoms with Gasteiger partial charge in [-0.3, -0.25) is 9.48 Å². The van der Waals surface area contributed by atoms with Crippen molar-refractivity contribution in [1.82, 2.24) is 20.4 Å². The zero-order valence-electron chi connectivity index (χ0n) is 13.6. The molecule has 1 aromatic carbocycles. The molecule has 0 spiro atoms. The predicted molar refractivity (Wildman–Crippen MR) is 85.2 cm³/mol. The van der Waals surface area contributed by atoms with Gasteiger partial charge in [-0.2, -0.15) is 5.10 Å². The Bertz CT molecular complexity index is 787. The SMILES string of the molecule is Cn1nc(C(C)(C)NC(=O)[C@H]2[C@@H]3CNC[C@@H]32)c2c(F)cccc21. The van der Waals surface area contributed by atoms with Gasteiger partial charge in [0.05, 0.1) is 22.1 Å². The topological polar surface area (TPSA) is 59.0 Å². The third-order valence-electron chi connectivity index (χ3n) is 5.25. The molecule has 2 aromatic rings. The molecule has 2 fully saturated rings. The van der Waals surface area contributed by atoms with Crippen LogP contribution in [0.15, 0.2) is 18.2 Å². The van der Waals surface area contributed by atoms with Gasteiger partial charge in [0.25, 0.3) is 0 Å². The lowest BCUT2D eigenvalue weighted by atomic mass is 9.96. The Morgan fingerprint density at radius 3 is 2.78 bits per heavy atom. The lowest BCUT2D eigenvalue weighted by molar-refractivity contribution is -0.124. The summed E-state index contributed by atoms with van der Waals surface area (Å²) < 4.78 is 16.0. The first-order valence-corrected chi connectivity index (χ1v) is 8.04. The van der Waals surface area contributed by atoms with E-state index in [1.165, 1.54) is 6.07 Å². The van der Waals surface area contributed by atoms with Crippen LogP contribution >= 0.6 is 0 Å². The van der Waals surface area contributed by atoms with E-state index in [0.29, 0.717) is 22.9 Å². The Hall–Kier alpha value is -1.95. The molecule has 0 unspecified atom stereocenters. The summed E-state index contributed by atoms with van der Waals surface area (Å²) in [4.78, 5) is 12.6. The number of aryl methyl sites for hydroxylation is 1. The molecule has 1 aliphatic heterocycles. The molecule has 1 aliphatic carbocycles. The van der Waals surface area contributed by atoms with Gasteiger partial charge in [0.15, 0.2) is 0 Å². The number of amides is 1. The fraction of sp³-hybridized carbons (Fsp3) is 0.529. The van der Waals surface area contributed by atoms with Gasteiger partial charge in [-0.05, 0) is 50.9 Å². The summed E-state index contributed by atoms with van der Waals surface area (Å²) in [5.74, 6) is 0.767. The van der Waals surface area contributed by atoms with Gasteiger partial charge in [0.2, 0.25) is 5.91 Å². The lowest BCUT2D eigenvalue weighted by Gasteiger charge is -2.25. The minimum Gasteiger partial charge on any atom is -0.345 e. The van der Waals surface area contributed by atoms with E-state index >= 15 is 0 Å². The molecule has 1 saturated heterocycles. The molecule has 23 heavy (non-hydrogen) atoms. The fourth-order valence-corrected chi connectivity index (χ4v) is 3.97. The standard InChI is InChI=1S/C17H21FN4O/c1-17(2,20-16(23)13-9-7-19-8-10(9)13)15-14-11(18)5-4-6-12(14)22(3)21-15/h4-6,9-10,13,19H,7-8H2,1-3H3,(H,20,23)/t9-,10+,13+. The average molecular weight is 316 g/mol. The highest BCUT2D eigenvalue weighted by Crippen LogP contribution is 2.49. The maximum absolute atomic E-state index is 14.3. The number of piperidine rings is 1. The molecule has 0 bridgehead atoms. The highest BCUT2D eigenvalue weighted by Gasteiger charge is 2.57. The summed E-state index contributed by atoms with van der Waals surface area (Å²) >= 11 is 0. The average Bonchev–Trinajstić information content (AvgIpc) is 2.81. The number of hydrogen-bond donors (Lipinski definition) is 2. The first-order chi connectivity index (χ1) is 10.9. The van der Waals surface area contributed by atoms with E-state index in [1.54, 1.807) is 17.8 Å². The molecule has 1 saturated carbocycles. The summed E-state index contributed by atoms with van der Waals surface area (Å²) in [7, 11) is 1.79. The van der Waals surface area contributed by atoms with Crippen LogP contribution < -0.4 is 10.6 Å². The monoisotopic (exact) mass is 316 g/mol. The van der Waals surface area contributed by atoms with Crippen LogP contribution in [0.3, 0.4) is 0 Å². The molecule has 4 rings (SSSR count). The number of carbonyl (C=O) groups excluding carboxylic acids is 1. The Morgan fingerprint density at radius 2 is 2.09 bits per heavy atom. The zero-order chi connectivity index (χ0) is 16.4. The number of nitrogens with zero attached hydrogens (tertiary/aromatic N) is 2. The van der Waals surface area contributed by atoms with Crippen molar-refractivity contribution in [3.63, 3.8) is 0 Å². The Labute approximate surface area is 134 Å². The highest BCUT2D eigenvalue weighted by molar-refractivity contribution is 5.86. The second-order valence-electron chi connectivity index (χ2n) is 7.23. The first kappa shape index (κ1) is 14.6. The van der Waals surface area contributed by atoms with Crippen LogP contribution in [0.25, 0.3) is 10.9 Å². The molecule has 2 N–H and O–H groups in total. The van der Waals surface area contributed by atoms with Gasteiger partial charge in [0.1, 0.15) is 5.82 Å². The molecule has 6 heteroatoms. The molecule has 1 aromatic heterocycles. The van der Waals surface area contributed by atoms with Crippen molar-refractivity contribution in [2.75, 3.05) is 13.1 Å². The molecule has 1 amide bonds. The smallest absolute Gasteiger partial charge is 0.224 e.